The lowest BCUT2D eigenvalue weighted by Crippen LogP contribution is -2.40. The van der Waals surface area contributed by atoms with Gasteiger partial charge < -0.3 is 5.73 Å². The van der Waals surface area contributed by atoms with Crippen molar-refractivity contribution in [1.82, 2.24) is 0 Å². The molecule has 19 heavy (non-hydrogen) atoms. The third-order valence-electron chi connectivity index (χ3n) is 2.53. The van der Waals surface area contributed by atoms with Crippen LogP contribution in [-0.4, -0.2) is 11.9 Å². The number of amides is 3. The number of hydrogen-bond acceptors (Lipinski definition) is 2. The Balaban J connectivity index is 2.39. The Hall–Kier alpha value is -2.69. The third-order valence-corrected chi connectivity index (χ3v) is 2.53. The van der Waals surface area contributed by atoms with Crippen LogP contribution in [0.4, 0.5) is 14.9 Å². The summed E-state index contributed by atoms with van der Waals surface area (Å²) in [4.78, 5) is 24.4. The Morgan fingerprint density at radius 2 is 1.53 bits per heavy atom. The summed E-state index contributed by atoms with van der Waals surface area (Å²) in [5, 5.41) is 0. The molecule has 2 rings (SSSR count). The molecule has 0 fully saturated rings. The zero-order valence-electron chi connectivity index (χ0n) is 9.92. The number of carbonyl (C=O) groups excluding carboxylic acids is 2. The van der Waals surface area contributed by atoms with Gasteiger partial charge in [0.2, 0.25) is 0 Å². The van der Waals surface area contributed by atoms with Crippen molar-refractivity contribution < 1.29 is 14.0 Å². The van der Waals surface area contributed by atoms with Crippen LogP contribution in [0, 0.1) is 5.82 Å². The van der Waals surface area contributed by atoms with Crippen molar-refractivity contribution in [2.45, 2.75) is 0 Å². The fourth-order valence-corrected chi connectivity index (χ4v) is 1.64. The summed E-state index contributed by atoms with van der Waals surface area (Å²) in [6, 6.07) is 12.3. The van der Waals surface area contributed by atoms with Crippen LogP contribution in [0.25, 0.3) is 0 Å². The number of anilines is 1. The van der Waals surface area contributed by atoms with Crippen LogP contribution in [0.1, 0.15) is 10.4 Å². The molecule has 0 saturated carbocycles. The van der Waals surface area contributed by atoms with Gasteiger partial charge in [0, 0.05) is 5.56 Å². The minimum absolute atomic E-state index is 0.225. The Bertz CT molecular complexity index is 597. The van der Waals surface area contributed by atoms with E-state index >= 15 is 0 Å². The number of benzene rings is 2. The molecule has 3 amide bonds. The van der Waals surface area contributed by atoms with Gasteiger partial charge in [-0.25, -0.2) is 14.1 Å². The van der Waals surface area contributed by atoms with Crippen molar-refractivity contribution >= 4 is 17.6 Å². The van der Waals surface area contributed by atoms with Gasteiger partial charge in [-0.15, -0.1) is 0 Å². The van der Waals surface area contributed by atoms with Gasteiger partial charge in [-0.2, -0.15) is 0 Å². The van der Waals surface area contributed by atoms with Gasteiger partial charge in [0.15, 0.2) is 0 Å². The van der Waals surface area contributed by atoms with Crippen LogP contribution in [-0.2, 0) is 0 Å². The first-order valence-electron chi connectivity index (χ1n) is 5.54. The largest absolute Gasteiger partial charge is 0.351 e. The maximum atomic E-state index is 12.9. The van der Waals surface area contributed by atoms with E-state index in [1.165, 1.54) is 12.1 Å². The van der Waals surface area contributed by atoms with Gasteiger partial charge in [0.25, 0.3) is 5.91 Å². The summed E-state index contributed by atoms with van der Waals surface area (Å²) < 4.78 is 12.9. The molecule has 0 heterocycles. The van der Waals surface area contributed by atoms with Gasteiger partial charge in [0.05, 0.1) is 5.69 Å². The second-order valence-electron chi connectivity index (χ2n) is 3.82. The van der Waals surface area contributed by atoms with Gasteiger partial charge >= 0.3 is 6.03 Å². The third kappa shape index (κ3) is 2.77. The van der Waals surface area contributed by atoms with Gasteiger partial charge in [-0.05, 0) is 36.4 Å². The number of rotatable bonds is 2. The number of nitrogens with zero attached hydrogens (tertiary/aromatic N) is 1. The van der Waals surface area contributed by atoms with Crippen molar-refractivity contribution in [3.05, 3.63) is 66.0 Å². The van der Waals surface area contributed by atoms with Crippen molar-refractivity contribution in [3.63, 3.8) is 0 Å². The van der Waals surface area contributed by atoms with Crippen molar-refractivity contribution in [3.8, 4) is 0 Å². The average molecular weight is 258 g/mol. The first kappa shape index (κ1) is 12.8. The zero-order valence-corrected chi connectivity index (χ0v) is 9.92. The molecule has 0 aliphatic rings. The SMILES string of the molecule is NC(=O)N(C(=O)c1ccccc1)c1ccc(F)cc1. The molecular weight excluding hydrogens is 247 g/mol. The summed E-state index contributed by atoms with van der Waals surface area (Å²) in [6.45, 7) is 0. The maximum Gasteiger partial charge on any atom is 0.326 e. The fourth-order valence-electron chi connectivity index (χ4n) is 1.64. The Kier molecular flexibility index (Phi) is 3.56. The summed E-state index contributed by atoms with van der Waals surface area (Å²) in [5.74, 6) is -1.01. The average Bonchev–Trinajstić information content (AvgIpc) is 2.42. The van der Waals surface area contributed by atoms with E-state index in [1.807, 2.05) is 0 Å². The van der Waals surface area contributed by atoms with Crippen molar-refractivity contribution in [2.24, 2.45) is 5.73 Å². The summed E-state index contributed by atoms with van der Waals surface area (Å²) >= 11 is 0. The standard InChI is InChI=1S/C14H11FN2O2/c15-11-6-8-12(9-7-11)17(14(16)19)13(18)10-4-2-1-3-5-10/h1-9H,(H2,16,19). The fraction of sp³-hybridized carbons (Fsp3) is 0. The van der Waals surface area contributed by atoms with E-state index in [2.05, 4.69) is 0 Å². The number of primary amides is 1. The van der Waals surface area contributed by atoms with Crippen LogP contribution in [0.15, 0.2) is 54.6 Å². The van der Waals surface area contributed by atoms with Crippen LogP contribution in [0.3, 0.4) is 0 Å². The van der Waals surface area contributed by atoms with E-state index in [0.717, 1.165) is 17.0 Å². The molecular formula is C14H11FN2O2. The quantitative estimate of drug-likeness (QED) is 0.899. The smallest absolute Gasteiger partial charge is 0.326 e. The molecule has 0 bridgehead atoms. The molecule has 0 aliphatic carbocycles. The predicted molar refractivity (Wildman–Crippen MR) is 69.2 cm³/mol. The van der Waals surface area contributed by atoms with Gasteiger partial charge in [0.1, 0.15) is 5.82 Å². The molecule has 0 aromatic heterocycles. The molecule has 2 aromatic carbocycles. The molecule has 0 aliphatic heterocycles. The molecule has 4 nitrogen and oxygen atoms in total. The molecule has 0 saturated heterocycles. The molecule has 0 spiro atoms. The minimum atomic E-state index is -0.916. The van der Waals surface area contributed by atoms with Crippen molar-refractivity contribution in [2.75, 3.05) is 4.90 Å². The van der Waals surface area contributed by atoms with Crippen LogP contribution < -0.4 is 10.6 Å². The van der Waals surface area contributed by atoms with E-state index in [-0.39, 0.29) is 5.69 Å². The van der Waals surface area contributed by atoms with E-state index in [1.54, 1.807) is 30.3 Å². The number of hydrogen-bond donors (Lipinski definition) is 1. The summed E-state index contributed by atoms with van der Waals surface area (Å²) in [5.41, 5.74) is 5.77. The maximum absolute atomic E-state index is 12.9. The highest BCUT2D eigenvalue weighted by molar-refractivity contribution is 6.20. The first-order chi connectivity index (χ1) is 9.09. The van der Waals surface area contributed by atoms with Crippen LogP contribution in [0.2, 0.25) is 0 Å². The molecule has 0 radical (unpaired) electrons. The highest BCUT2D eigenvalue weighted by Crippen LogP contribution is 2.17. The van der Waals surface area contributed by atoms with Gasteiger partial charge in [-0.3, -0.25) is 4.79 Å². The highest BCUT2D eigenvalue weighted by Gasteiger charge is 2.22. The number of imide groups is 1. The predicted octanol–water partition coefficient (Wildman–Crippen LogP) is 2.55. The minimum Gasteiger partial charge on any atom is -0.351 e. The van der Waals surface area contributed by atoms with Gasteiger partial charge in [-0.1, -0.05) is 18.2 Å². The lowest BCUT2D eigenvalue weighted by Gasteiger charge is -2.18. The normalized spacial score (nSPS) is 9.95. The number of carbonyl (C=O) groups is 2. The van der Waals surface area contributed by atoms with Crippen molar-refractivity contribution in [1.29, 1.82) is 0 Å². The Morgan fingerprint density at radius 1 is 0.947 bits per heavy atom. The van der Waals surface area contributed by atoms with E-state index in [9.17, 15) is 14.0 Å². The molecule has 96 valence electrons. The van der Waals surface area contributed by atoms with Crippen LogP contribution in [0.5, 0.6) is 0 Å². The Morgan fingerprint density at radius 3 is 2.05 bits per heavy atom. The van der Waals surface area contributed by atoms with Crippen LogP contribution >= 0.6 is 0 Å². The molecule has 2 aromatic rings. The molecule has 2 N–H and O–H groups in total. The number of halogens is 1. The van der Waals surface area contributed by atoms with E-state index in [4.69, 9.17) is 5.73 Å². The second-order valence-corrected chi connectivity index (χ2v) is 3.82. The second kappa shape index (κ2) is 5.30. The lowest BCUT2D eigenvalue weighted by molar-refractivity contribution is 0.0995. The molecule has 0 atom stereocenters. The summed E-state index contributed by atoms with van der Waals surface area (Å²) in [6.07, 6.45) is 0. The lowest BCUT2D eigenvalue weighted by atomic mass is 10.2. The molecule has 0 unspecified atom stereocenters. The Labute approximate surface area is 109 Å². The monoisotopic (exact) mass is 258 g/mol. The highest BCUT2D eigenvalue weighted by atomic mass is 19.1. The topological polar surface area (TPSA) is 63.4 Å². The zero-order chi connectivity index (χ0) is 13.8. The summed E-state index contributed by atoms with van der Waals surface area (Å²) in [7, 11) is 0. The van der Waals surface area contributed by atoms with E-state index in [0.29, 0.717) is 5.56 Å². The van der Waals surface area contributed by atoms with E-state index < -0.39 is 17.8 Å². The number of urea groups is 1. The molecule has 5 heteroatoms. The number of nitrogens with two attached hydrogens (primary N) is 1. The first-order valence-corrected chi connectivity index (χ1v) is 5.54.